The molecule has 4 heteroatoms. The zero-order chi connectivity index (χ0) is 9.84. The highest BCUT2D eigenvalue weighted by molar-refractivity contribution is 5.69. The summed E-state index contributed by atoms with van der Waals surface area (Å²) in [4.78, 5) is 10.9. The smallest absolute Gasteiger partial charge is 0.308 e. The van der Waals surface area contributed by atoms with Crippen molar-refractivity contribution < 1.29 is 19.4 Å². The van der Waals surface area contributed by atoms with Gasteiger partial charge in [0, 0.05) is 0 Å². The van der Waals surface area contributed by atoms with Crippen molar-refractivity contribution in [3.63, 3.8) is 0 Å². The van der Waals surface area contributed by atoms with Crippen LogP contribution in [0.5, 0.6) is 0 Å². The number of aliphatic hydroxyl groups excluding tert-OH is 1. The van der Waals surface area contributed by atoms with Crippen molar-refractivity contribution in [2.45, 2.75) is 32.0 Å². The number of rotatable bonds is 3. The van der Waals surface area contributed by atoms with Gasteiger partial charge in [-0.2, -0.15) is 0 Å². The standard InChI is InChI=1S/C9H16O4/c1-6-3-7(5-10)13-8(6)4-9(11)12-2/h6-8,10H,3-5H2,1-2H3/t6-,7-,8+/m1/s1. The van der Waals surface area contributed by atoms with Crippen molar-refractivity contribution in [3.05, 3.63) is 0 Å². The number of methoxy groups -OCH3 is 1. The molecule has 4 nitrogen and oxygen atoms in total. The SMILES string of the molecule is COC(=O)C[C@@H]1O[C@@H](CO)C[C@H]1C. The Balaban J connectivity index is 2.38. The maximum absolute atomic E-state index is 10.9. The number of carbonyl (C=O) groups is 1. The van der Waals surface area contributed by atoms with Crippen LogP contribution in [0.4, 0.5) is 0 Å². The van der Waals surface area contributed by atoms with Crippen molar-refractivity contribution in [1.82, 2.24) is 0 Å². The molecule has 0 unspecified atom stereocenters. The Kier molecular flexibility index (Phi) is 3.69. The second-order valence-corrected chi connectivity index (χ2v) is 3.47. The maximum Gasteiger partial charge on any atom is 0.308 e. The monoisotopic (exact) mass is 188 g/mol. The van der Waals surface area contributed by atoms with Crippen LogP contribution in [-0.2, 0) is 14.3 Å². The average Bonchev–Trinajstić information content (AvgIpc) is 2.47. The number of esters is 1. The van der Waals surface area contributed by atoms with Gasteiger partial charge in [0.1, 0.15) is 0 Å². The summed E-state index contributed by atoms with van der Waals surface area (Å²) in [6.45, 7) is 2.05. The molecule has 0 amide bonds. The van der Waals surface area contributed by atoms with Crippen LogP contribution in [0, 0.1) is 5.92 Å². The van der Waals surface area contributed by atoms with Gasteiger partial charge in [-0.25, -0.2) is 0 Å². The molecule has 1 heterocycles. The van der Waals surface area contributed by atoms with Crippen LogP contribution in [0.1, 0.15) is 19.8 Å². The number of hydrogen-bond donors (Lipinski definition) is 1. The van der Waals surface area contributed by atoms with E-state index in [2.05, 4.69) is 4.74 Å². The van der Waals surface area contributed by atoms with E-state index >= 15 is 0 Å². The first-order valence-electron chi connectivity index (χ1n) is 4.50. The van der Waals surface area contributed by atoms with Crippen LogP contribution in [0.15, 0.2) is 0 Å². The topological polar surface area (TPSA) is 55.8 Å². The fourth-order valence-electron chi connectivity index (χ4n) is 1.62. The van der Waals surface area contributed by atoms with Crippen LogP contribution in [0.3, 0.4) is 0 Å². The largest absolute Gasteiger partial charge is 0.469 e. The lowest BCUT2D eigenvalue weighted by molar-refractivity contribution is -0.144. The molecule has 0 aromatic rings. The minimum atomic E-state index is -0.254. The Hall–Kier alpha value is -0.610. The maximum atomic E-state index is 10.9. The summed E-state index contributed by atoms with van der Waals surface area (Å²) in [5.74, 6) is 0.0617. The quantitative estimate of drug-likeness (QED) is 0.649. The number of hydrogen-bond acceptors (Lipinski definition) is 4. The third kappa shape index (κ3) is 2.67. The summed E-state index contributed by atoms with van der Waals surface area (Å²) in [5, 5.41) is 8.85. The molecule has 0 radical (unpaired) electrons. The molecule has 1 saturated heterocycles. The predicted octanol–water partition coefficient (Wildman–Crippen LogP) is 0.335. The second-order valence-electron chi connectivity index (χ2n) is 3.47. The zero-order valence-corrected chi connectivity index (χ0v) is 8.03. The van der Waals surface area contributed by atoms with E-state index in [4.69, 9.17) is 9.84 Å². The Morgan fingerprint density at radius 2 is 2.38 bits per heavy atom. The molecule has 0 aromatic carbocycles. The lowest BCUT2D eigenvalue weighted by Crippen LogP contribution is -2.20. The Bertz CT molecular complexity index is 180. The lowest BCUT2D eigenvalue weighted by atomic mass is 10.00. The molecule has 0 aliphatic carbocycles. The van der Waals surface area contributed by atoms with Crippen LogP contribution < -0.4 is 0 Å². The fraction of sp³-hybridized carbons (Fsp3) is 0.889. The lowest BCUT2D eigenvalue weighted by Gasteiger charge is -2.13. The van der Waals surface area contributed by atoms with Crippen LogP contribution in [-0.4, -0.2) is 37.0 Å². The molecule has 1 fully saturated rings. The van der Waals surface area contributed by atoms with Crippen LogP contribution in [0.25, 0.3) is 0 Å². The number of aliphatic hydroxyl groups is 1. The first kappa shape index (κ1) is 10.5. The van der Waals surface area contributed by atoms with Crippen molar-refractivity contribution in [3.8, 4) is 0 Å². The number of carbonyl (C=O) groups excluding carboxylic acids is 1. The Morgan fingerprint density at radius 1 is 1.69 bits per heavy atom. The highest BCUT2D eigenvalue weighted by Gasteiger charge is 2.33. The molecule has 1 aliphatic heterocycles. The number of ether oxygens (including phenoxy) is 2. The van der Waals surface area contributed by atoms with E-state index in [1.807, 2.05) is 6.92 Å². The normalized spacial score (nSPS) is 33.3. The average molecular weight is 188 g/mol. The van der Waals surface area contributed by atoms with Gasteiger partial charge in [0.25, 0.3) is 0 Å². The van der Waals surface area contributed by atoms with E-state index in [1.54, 1.807) is 0 Å². The van der Waals surface area contributed by atoms with Crippen molar-refractivity contribution >= 4 is 5.97 Å². The molecule has 0 saturated carbocycles. The van der Waals surface area contributed by atoms with Gasteiger partial charge in [0.15, 0.2) is 0 Å². The summed E-state index contributed by atoms with van der Waals surface area (Å²) in [7, 11) is 1.37. The third-order valence-corrected chi connectivity index (χ3v) is 2.44. The minimum Gasteiger partial charge on any atom is -0.469 e. The summed E-state index contributed by atoms with van der Waals surface area (Å²) in [5.41, 5.74) is 0. The summed E-state index contributed by atoms with van der Waals surface area (Å²) in [6, 6.07) is 0. The molecule has 0 bridgehead atoms. The first-order valence-corrected chi connectivity index (χ1v) is 4.50. The summed E-state index contributed by atoms with van der Waals surface area (Å²) < 4.78 is 9.99. The molecule has 3 atom stereocenters. The highest BCUT2D eigenvalue weighted by Crippen LogP contribution is 2.28. The molecular weight excluding hydrogens is 172 g/mol. The van der Waals surface area contributed by atoms with Gasteiger partial charge in [-0.3, -0.25) is 4.79 Å². The molecule has 1 aliphatic rings. The van der Waals surface area contributed by atoms with Crippen molar-refractivity contribution in [2.24, 2.45) is 5.92 Å². The van der Waals surface area contributed by atoms with Crippen LogP contribution in [0.2, 0.25) is 0 Å². The molecule has 76 valence electrons. The summed E-state index contributed by atoms with van der Waals surface area (Å²) >= 11 is 0. The van der Waals surface area contributed by atoms with Crippen molar-refractivity contribution in [1.29, 1.82) is 0 Å². The van der Waals surface area contributed by atoms with Gasteiger partial charge in [-0.1, -0.05) is 6.92 Å². The molecule has 1 rings (SSSR count). The first-order chi connectivity index (χ1) is 6.17. The minimum absolute atomic E-state index is 0.0298. The van der Waals surface area contributed by atoms with Crippen molar-refractivity contribution in [2.75, 3.05) is 13.7 Å². The van der Waals surface area contributed by atoms with E-state index < -0.39 is 0 Å². The van der Waals surface area contributed by atoms with Gasteiger partial charge in [-0.15, -0.1) is 0 Å². The van der Waals surface area contributed by atoms with Gasteiger partial charge >= 0.3 is 5.97 Å². The fourth-order valence-corrected chi connectivity index (χ4v) is 1.62. The molecule has 0 spiro atoms. The van der Waals surface area contributed by atoms with Gasteiger partial charge < -0.3 is 14.6 Å². The predicted molar refractivity (Wildman–Crippen MR) is 46.2 cm³/mol. The summed E-state index contributed by atoms with van der Waals surface area (Å²) in [6.07, 6.45) is 0.904. The highest BCUT2D eigenvalue weighted by atomic mass is 16.5. The van der Waals surface area contributed by atoms with Crippen LogP contribution >= 0.6 is 0 Å². The molecule has 1 N–H and O–H groups in total. The third-order valence-electron chi connectivity index (χ3n) is 2.44. The van der Waals surface area contributed by atoms with E-state index in [1.165, 1.54) is 7.11 Å². The second kappa shape index (κ2) is 4.58. The van der Waals surface area contributed by atoms with Gasteiger partial charge in [0.05, 0.1) is 32.3 Å². The molecule has 0 aromatic heterocycles. The Labute approximate surface area is 77.8 Å². The Morgan fingerprint density at radius 3 is 2.85 bits per heavy atom. The molecular formula is C9H16O4. The van der Waals surface area contributed by atoms with E-state index in [-0.39, 0.29) is 31.2 Å². The molecule has 13 heavy (non-hydrogen) atoms. The van der Waals surface area contributed by atoms with E-state index in [9.17, 15) is 4.79 Å². The van der Waals surface area contributed by atoms with Gasteiger partial charge in [0.2, 0.25) is 0 Å². The van der Waals surface area contributed by atoms with E-state index in [0.717, 1.165) is 6.42 Å². The van der Waals surface area contributed by atoms with E-state index in [0.29, 0.717) is 5.92 Å². The van der Waals surface area contributed by atoms with Gasteiger partial charge in [-0.05, 0) is 12.3 Å². The zero-order valence-electron chi connectivity index (χ0n) is 8.03.